The number of fused-ring (bicyclic) bond motifs is 1. The molecule has 33 heavy (non-hydrogen) atoms. The zero-order valence-corrected chi connectivity index (χ0v) is 18.9. The molecule has 0 unspecified atom stereocenters. The van der Waals surface area contributed by atoms with Gasteiger partial charge in [-0.1, -0.05) is 0 Å². The Balaban J connectivity index is 1.59. The van der Waals surface area contributed by atoms with Gasteiger partial charge in [0.05, 0.1) is 41.1 Å². The molecule has 4 aromatic rings. The lowest BCUT2D eigenvalue weighted by atomic mass is 9.92. The molecule has 1 aliphatic rings. The monoisotopic (exact) mass is 466 g/mol. The second-order valence-corrected chi connectivity index (χ2v) is 10.4. The second-order valence-electron chi connectivity index (χ2n) is 8.12. The molecular formula is C20H22N10O2S. The summed E-state index contributed by atoms with van der Waals surface area (Å²) in [6, 6.07) is 1.83. The van der Waals surface area contributed by atoms with Gasteiger partial charge in [-0.25, -0.2) is 24.5 Å². The number of hydrogen-bond donors (Lipinski definition) is 1. The zero-order valence-electron chi connectivity index (χ0n) is 18.1. The number of nitrogens with zero attached hydrogens (tertiary/aromatic N) is 9. The minimum atomic E-state index is -3.34. The van der Waals surface area contributed by atoms with Gasteiger partial charge in [-0.2, -0.15) is 19.6 Å². The highest BCUT2D eigenvalue weighted by atomic mass is 32.2. The third-order valence-electron chi connectivity index (χ3n) is 5.95. The summed E-state index contributed by atoms with van der Waals surface area (Å²) in [5.41, 5.74) is 8.97. The highest BCUT2D eigenvalue weighted by Gasteiger charge is 2.52. The quantitative estimate of drug-likeness (QED) is 0.417. The summed E-state index contributed by atoms with van der Waals surface area (Å²) in [7, 11) is -1.51. The van der Waals surface area contributed by atoms with Crippen molar-refractivity contribution in [1.82, 2.24) is 38.5 Å². The van der Waals surface area contributed by atoms with Crippen LogP contribution in [0.3, 0.4) is 0 Å². The summed E-state index contributed by atoms with van der Waals surface area (Å²) in [4.78, 5) is 8.37. The normalized spacial score (nSPS) is 16.0. The summed E-state index contributed by atoms with van der Waals surface area (Å²) < 4.78 is 30.9. The number of aryl methyl sites for hydroxylation is 1. The van der Waals surface area contributed by atoms with Gasteiger partial charge in [0.25, 0.3) is 0 Å². The number of aromatic nitrogens is 7. The molecule has 0 aromatic carbocycles. The van der Waals surface area contributed by atoms with E-state index in [1.54, 1.807) is 39.4 Å². The fourth-order valence-electron chi connectivity index (χ4n) is 4.08. The largest absolute Gasteiger partial charge is 0.382 e. The standard InChI is InChI=1S/C20H22N10O2S/c1-4-33(31,32)28-12-20(13-28,11-22-2)30-9-15(19(21)26-30)18-17-5-6-23-29(17)10-16(25-18)14-7-24-27(3)8-14/h5-10H,4,11-13H2,1,3H3,(H2,21,26). The van der Waals surface area contributed by atoms with E-state index in [4.69, 9.17) is 17.3 Å². The first-order valence-corrected chi connectivity index (χ1v) is 11.9. The SMILES string of the molecule is [C-]#[N+]CC1(n2cc(-c3nc(-c4cnn(C)c4)cn4nccc34)c(N)n2)CN(S(=O)(=O)CC)C1. The van der Waals surface area contributed by atoms with E-state index in [1.807, 2.05) is 25.5 Å². The molecule has 0 spiro atoms. The molecule has 0 bridgehead atoms. The smallest absolute Gasteiger partial charge is 0.242 e. The van der Waals surface area contributed by atoms with Gasteiger partial charge in [0.15, 0.2) is 11.4 Å². The fraction of sp³-hybridized carbons (Fsp3) is 0.350. The zero-order chi connectivity index (χ0) is 23.4. The average Bonchev–Trinajstić information content (AvgIpc) is 3.49. The van der Waals surface area contributed by atoms with Crippen LogP contribution < -0.4 is 5.73 Å². The molecule has 1 saturated heterocycles. The first-order chi connectivity index (χ1) is 15.8. The van der Waals surface area contributed by atoms with E-state index in [0.717, 1.165) is 11.1 Å². The van der Waals surface area contributed by atoms with Crippen LogP contribution in [0.5, 0.6) is 0 Å². The molecule has 13 heteroatoms. The van der Waals surface area contributed by atoms with Crippen LogP contribution in [0.15, 0.2) is 37.1 Å². The third kappa shape index (κ3) is 3.35. The number of nitrogens with two attached hydrogens (primary N) is 1. The molecule has 1 aliphatic heterocycles. The van der Waals surface area contributed by atoms with Crippen LogP contribution in [0, 0.1) is 6.57 Å². The molecular weight excluding hydrogens is 444 g/mol. The van der Waals surface area contributed by atoms with Crippen LogP contribution in [0.4, 0.5) is 5.82 Å². The second kappa shape index (κ2) is 7.39. The van der Waals surface area contributed by atoms with Crippen molar-refractivity contribution in [3.05, 3.63) is 48.5 Å². The molecule has 0 radical (unpaired) electrons. The lowest BCUT2D eigenvalue weighted by Gasteiger charge is -2.45. The first-order valence-electron chi connectivity index (χ1n) is 10.3. The number of sulfonamides is 1. The van der Waals surface area contributed by atoms with E-state index >= 15 is 0 Å². The Morgan fingerprint density at radius 3 is 2.70 bits per heavy atom. The van der Waals surface area contributed by atoms with E-state index in [9.17, 15) is 8.42 Å². The van der Waals surface area contributed by atoms with Gasteiger partial charge in [0.2, 0.25) is 16.6 Å². The maximum atomic E-state index is 12.3. The minimum absolute atomic E-state index is 0.0117. The van der Waals surface area contributed by atoms with E-state index in [-0.39, 0.29) is 31.2 Å². The first kappa shape index (κ1) is 21.1. The van der Waals surface area contributed by atoms with Crippen LogP contribution in [0.1, 0.15) is 6.92 Å². The molecule has 0 amide bonds. The summed E-state index contributed by atoms with van der Waals surface area (Å²) in [6.45, 7) is 9.45. The molecule has 5 rings (SSSR count). The van der Waals surface area contributed by atoms with Crippen LogP contribution >= 0.6 is 0 Å². The van der Waals surface area contributed by atoms with E-state index < -0.39 is 15.6 Å². The number of hydrogen-bond acceptors (Lipinski definition) is 7. The van der Waals surface area contributed by atoms with Gasteiger partial charge in [0, 0.05) is 38.1 Å². The Morgan fingerprint density at radius 1 is 1.24 bits per heavy atom. The van der Waals surface area contributed by atoms with Gasteiger partial charge in [0.1, 0.15) is 5.69 Å². The molecule has 5 heterocycles. The summed E-state index contributed by atoms with van der Waals surface area (Å²) in [5.74, 6) is 0.257. The molecule has 0 aliphatic carbocycles. The maximum absolute atomic E-state index is 12.3. The summed E-state index contributed by atoms with van der Waals surface area (Å²) in [6.07, 6.45) is 8.81. The number of rotatable bonds is 6. The van der Waals surface area contributed by atoms with Gasteiger partial charge in [-0.3, -0.25) is 9.36 Å². The lowest BCUT2D eigenvalue weighted by Crippen LogP contribution is -2.65. The van der Waals surface area contributed by atoms with E-state index in [2.05, 4.69) is 20.1 Å². The highest BCUT2D eigenvalue weighted by molar-refractivity contribution is 7.89. The highest BCUT2D eigenvalue weighted by Crippen LogP contribution is 2.36. The van der Waals surface area contributed by atoms with Crippen molar-refractivity contribution in [3.63, 3.8) is 0 Å². The van der Waals surface area contributed by atoms with Gasteiger partial charge >= 0.3 is 0 Å². The average molecular weight is 467 g/mol. The molecule has 4 aromatic heterocycles. The third-order valence-corrected chi connectivity index (χ3v) is 7.72. The molecule has 12 nitrogen and oxygen atoms in total. The predicted molar refractivity (Wildman–Crippen MR) is 121 cm³/mol. The van der Waals surface area contributed by atoms with Crippen molar-refractivity contribution in [2.75, 3.05) is 31.1 Å². The van der Waals surface area contributed by atoms with Crippen LogP contribution in [-0.4, -0.2) is 72.3 Å². The number of anilines is 1. The molecule has 2 N–H and O–H groups in total. The topological polar surface area (TPSA) is 134 Å². The van der Waals surface area contributed by atoms with Crippen molar-refractivity contribution in [2.45, 2.75) is 12.5 Å². The van der Waals surface area contributed by atoms with Crippen LogP contribution in [-0.2, 0) is 22.6 Å². The Hall–Kier alpha value is -3.76. The lowest BCUT2D eigenvalue weighted by molar-refractivity contribution is 0.0837. The Labute approximate surface area is 190 Å². The Morgan fingerprint density at radius 2 is 2.03 bits per heavy atom. The van der Waals surface area contributed by atoms with Crippen molar-refractivity contribution in [2.24, 2.45) is 7.05 Å². The van der Waals surface area contributed by atoms with Crippen LogP contribution in [0.2, 0.25) is 0 Å². The van der Waals surface area contributed by atoms with Gasteiger partial charge < -0.3 is 10.6 Å². The summed E-state index contributed by atoms with van der Waals surface area (Å²) >= 11 is 0. The van der Waals surface area contributed by atoms with E-state index in [1.165, 1.54) is 4.31 Å². The molecule has 0 atom stereocenters. The predicted octanol–water partition coefficient (Wildman–Crippen LogP) is 0.855. The molecule has 0 saturated carbocycles. The van der Waals surface area contributed by atoms with Gasteiger partial charge in [-0.15, -0.1) is 0 Å². The van der Waals surface area contributed by atoms with Crippen molar-refractivity contribution in [1.29, 1.82) is 0 Å². The number of nitrogen functional groups attached to an aromatic ring is 1. The Kier molecular flexibility index (Phi) is 4.73. The minimum Gasteiger partial charge on any atom is -0.382 e. The fourth-order valence-corrected chi connectivity index (χ4v) is 5.32. The van der Waals surface area contributed by atoms with Crippen LogP contribution in [0.25, 0.3) is 32.9 Å². The summed E-state index contributed by atoms with van der Waals surface area (Å²) in [5, 5.41) is 13.1. The van der Waals surface area contributed by atoms with Crippen molar-refractivity contribution >= 4 is 21.4 Å². The maximum Gasteiger partial charge on any atom is 0.242 e. The van der Waals surface area contributed by atoms with E-state index in [0.29, 0.717) is 17.0 Å². The Bertz CT molecular complexity index is 1500. The molecule has 170 valence electrons. The van der Waals surface area contributed by atoms with Gasteiger partial charge in [-0.05, 0) is 13.0 Å². The van der Waals surface area contributed by atoms with Crippen molar-refractivity contribution in [3.8, 4) is 22.5 Å². The molecule has 1 fully saturated rings. The van der Waals surface area contributed by atoms with Crippen molar-refractivity contribution < 1.29 is 8.42 Å².